The number of fused-ring (bicyclic) bond motifs is 1. The molecule has 0 fully saturated rings. The maximum absolute atomic E-state index is 9.87. The summed E-state index contributed by atoms with van der Waals surface area (Å²) in [5.41, 5.74) is 2.53. The molecule has 2 unspecified atom stereocenters. The van der Waals surface area contributed by atoms with Crippen molar-refractivity contribution in [1.82, 2.24) is 5.32 Å². The van der Waals surface area contributed by atoms with Crippen molar-refractivity contribution in [1.29, 1.82) is 0 Å². The number of rotatable bonds is 6. The van der Waals surface area contributed by atoms with E-state index in [1.54, 1.807) is 0 Å². The summed E-state index contributed by atoms with van der Waals surface area (Å²) in [6.07, 6.45) is 4.67. The summed E-state index contributed by atoms with van der Waals surface area (Å²) >= 11 is 0. The van der Waals surface area contributed by atoms with E-state index >= 15 is 0 Å². The Morgan fingerprint density at radius 3 is 2.95 bits per heavy atom. The quantitative estimate of drug-likeness (QED) is 0.772. The molecule has 2 N–H and O–H groups in total. The van der Waals surface area contributed by atoms with Gasteiger partial charge in [-0.05, 0) is 17.5 Å². The summed E-state index contributed by atoms with van der Waals surface area (Å²) in [6, 6.07) is 8.69. The number of hydrogen-bond acceptors (Lipinski definition) is 3. The van der Waals surface area contributed by atoms with Crippen molar-refractivity contribution in [2.75, 3.05) is 13.2 Å². The number of nitrogens with one attached hydrogen (secondary N) is 1. The minimum absolute atomic E-state index is 0.0290. The van der Waals surface area contributed by atoms with Gasteiger partial charge in [0.25, 0.3) is 0 Å². The van der Waals surface area contributed by atoms with Gasteiger partial charge in [-0.3, -0.25) is 0 Å². The Bertz CT molecular complexity index is 429. The highest BCUT2D eigenvalue weighted by Crippen LogP contribution is 2.27. The third kappa shape index (κ3) is 4.16. The summed E-state index contributed by atoms with van der Waals surface area (Å²) in [5.74, 6) is 0. The smallest absolute Gasteiger partial charge is 0.101 e. The van der Waals surface area contributed by atoms with Crippen LogP contribution in [0.3, 0.4) is 0 Å². The second-order valence-electron chi connectivity index (χ2n) is 5.30. The molecule has 0 saturated heterocycles. The molecule has 1 aromatic rings. The molecule has 0 heterocycles. The van der Waals surface area contributed by atoms with Crippen LogP contribution in [0, 0.1) is 0 Å². The van der Waals surface area contributed by atoms with Gasteiger partial charge in [0.1, 0.15) is 6.10 Å². The number of benzene rings is 1. The second-order valence-corrected chi connectivity index (χ2v) is 5.30. The highest BCUT2D eigenvalue weighted by molar-refractivity contribution is 5.36. The molecule has 1 aromatic carbocycles. The van der Waals surface area contributed by atoms with Crippen LogP contribution < -0.4 is 5.32 Å². The van der Waals surface area contributed by atoms with Crippen LogP contribution in [0.15, 0.2) is 36.4 Å². The molecule has 3 nitrogen and oxygen atoms in total. The van der Waals surface area contributed by atoms with Crippen LogP contribution >= 0.6 is 0 Å². The van der Waals surface area contributed by atoms with Crippen molar-refractivity contribution in [3.8, 4) is 0 Å². The fraction of sp³-hybridized carbons (Fsp3) is 0.500. The van der Waals surface area contributed by atoms with Gasteiger partial charge >= 0.3 is 0 Å². The largest absolute Gasteiger partial charge is 0.389 e. The van der Waals surface area contributed by atoms with E-state index in [-0.39, 0.29) is 6.10 Å². The lowest BCUT2D eigenvalue weighted by atomic mass is 9.95. The fourth-order valence-electron chi connectivity index (χ4n) is 2.21. The van der Waals surface area contributed by atoms with Gasteiger partial charge in [0.2, 0.25) is 0 Å². The summed E-state index contributed by atoms with van der Waals surface area (Å²) in [4.78, 5) is 0. The van der Waals surface area contributed by atoms with Crippen molar-refractivity contribution in [2.45, 2.75) is 38.5 Å². The number of allylic oxidation sites excluding steroid dienone is 1. The summed E-state index contributed by atoms with van der Waals surface area (Å²) in [5, 5.41) is 13.1. The van der Waals surface area contributed by atoms with Gasteiger partial charge in [-0.1, -0.05) is 50.3 Å². The van der Waals surface area contributed by atoms with Gasteiger partial charge in [-0.15, -0.1) is 0 Å². The predicted molar refractivity (Wildman–Crippen MR) is 77.1 cm³/mol. The Morgan fingerprint density at radius 1 is 1.37 bits per heavy atom. The molecule has 0 aliphatic heterocycles. The summed E-state index contributed by atoms with van der Waals surface area (Å²) in [7, 11) is 0. The van der Waals surface area contributed by atoms with Gasteiger partial charge < -0.3 is 15.2 Å². The predicted octanol–water partition coefficient (Wildman–Crippen LogP) is 2.22. The van der Waals surface area contributed by atoms with Gasteiger partial charge in [0.05, 0.1) is 12.7 Å². The molecule has 19 heavy (non-hydrogen) atoms. The van der Waals surface area contributed by atoms with Crippen LogP contribution in [0.1, 0.15) is 31.1 Å². The minimum Gasteiger partial charge on any atom is -0.389 e. The molecule has 0 aromatic heterocycles. The molecular formula is C16H23NO2. The number of aliphatic hydroxyl groups is 1. The Kier molecular flexibility index (Phi) is 5.14. The number of hydrogen-bond donors (Lipinski definition) is 2. The Balaban J connectivity index is 1.86. The first-order valence-electron chi connectivity index (χ1n) is 6.94. The maximum atomic E-state index is 9.87. The molecule has 0 spiro atoms. The normalized spacial score (nSPS) is 19.5. The highest BCUT2D eigenvalue weighted by atomic mass is 16.5. The van der Waals surface area contributed by atoms with Crippen LogP contribution in [-0.2, 0) is 11.2 Å². The monoisotopic (exact) mass is 261 g/mol. The molecule has 3 heteroatoms. The van der Waals surface area contributed by atoms with Gasteiger partial charge in [-0.25, -0.2) is 0 Å². The van der Waals surface area contributed by atoms with E-state index in [2.05, 4.69) is 49.5 Å². The van der Waals surface area contributed by atoms with Crippen LogP contribution in [-0.4, -0.2) is 30.4 Å². The molecule has 0 radical (unpaired) electrons. The van der Waals surface area contributed by atoms with Crippen LogP contribution in [0.5, 0.6) is 0 Å². The SMILES string of the molecule is CC(C)NCC(O)COC1C=CCc2ccccc21. The van der Waals surface area contributed by atoms with Crippen molar-refractivity contribution < 1.29 is 9.84 Å². The molecule has 2 rings (SSSR count). The third-order valence-electron chi connectivity index (χ3n) is 3.24. The molecule has 0 saturated carbocycles. The topological polar surface area (TPSA) is 41.5 Å². The average Bonchev–Trinajstić information content (AvgIpc) is 2.42. The first kappa shape index (κ1) is 14.3. The van der Waals surface area contributed by atoms with E-state index in [0.717, 1.165) is 6.42 Å². The molecule has 1 aliphatic rings. The van der Waals surface area contributed by atoms with Gasteiger partial charge in [-0.2, -0.15) is 0 Å². The second kappa shape index (κ2) is 6.85. The molecule has 104 valence electrons. The van der Waals surface area contributed by atoms with E-state index in [1.807, 2.05) is 6.07 Å². The first-order chi connectivity index (χ1) is 9.16. The van der Waals surface area contributed by atoms with E-state index in [4.69, 9.17) is 4.74 Å². The lowest BCUT2D eigenvalue weighted by molar-refractivity contribution is 0.00795. The zero-order valence-corrected chi connectivity index (χ0v) is 11.7. The summed E-state index contributed by atoms with van der Waals surface area (Å²) < 4.78 is 5.83. The number of aliphatic hydroxyl groups excluding tert-OH is 1. The van der Waals surface area contributed by atoms with Crippen LogP contribution in [0.25, 0.3) is 0 Å². The van der Waals surface area contributed by atoms with E-state index in [1.165, 1.54) is 11.1 Å². The van der Waals surface area contributed by atoms with E-state index in [9.17, 15) is 5.11 Å². The van der Waals surface area contributed by atoms with Crippen LogP contribution in [0.2, 0.25) is 0 Å². The third-order valence-corrected chi connectivity index (χ3v) is 3.24. The van der Waals surface area contributed by atoms with E-state index < -0.39 is 6.10 Å². The van der Waals surface area contributed by atoms with Gasteiger partial charge in [0.15, 0.2) is 0 Å². The Morgan fingerprint density at radius 2 is 2.16 bits per heavy atom. The summed E-state index contributed by atoms with van der Waals surface area (Å²) in [6.45, 7) is 5.04. The first-order valence-corrected chi connectivity index (χ1v) is 6.94. The number of ether oxygens (including phenoxy) is 1. The average molecular weight is 261 g/mol. The molecule has 0 bridgehead atoms. The fourth-order valence-corrected chi connectivity index (χ4v) is 2.21. The van der Waals surface area contributed by atoms with Crippen molar-refractivity contribution in [3.05, 3.63) is 47.5 Å². The molecule has 1 aliphatic carbocycles. The molecule has 2 atom stereocenters. The van der Waals surface area contributed by atoms with Crippen molar-refractivity contribution >= 4 is 0 Å². The lowest BCUT2D eigenvalue weighted by Gasteiger charge is -2.23. The minimum atomic E-state index is -0.468. The zero-order chi connectivity index (χ0) is 13.7. The van der Waals surface area contributed by atoms with E-state index in [0.29, 0.717) is 19.2 Å². The van der Waals surface area contributed by atoms with Crippen molar-refractivity contribution in [2.24, 2.45) is 0 Å². The molecular weight excluding hydrogens is 238 g/mol. The lowest BCUT2D eigenvalue weighted by Crippen LogP contribution is -2.34. The standard InChI is InChI=1S/C16H23NO2/c1-12(2)17-10-14(18)11-19-16-9-5-7-13-6-3-4-8-15(13)16/h3-6,8-9,12,14,16-18H,7,10-11H2,1-2H3. The van der Waals surface area contributed by atoms with Gasteiger partial charge in [0, 0.05) is 12.6 Å². The Labute approximate surface area is 115 Å². The maximum Gasteiger partial charge on any atom is 0.101 e. The highest BCUT2D eigenvalue weighted by Gasteiger charge is 2.17. The molecule has 0 amide bonds. The zero-order valence-electron chi connectivity index (χ0n) is 11.7. The van der Waals surface area contributed by atoms with Crippen molar-refractivity contribution in [3.63, 3.8) is 0 Å². The Hall–Kier alpha value is -1.16. The van der Waals surface area contributed by atoms with Crippen LogP contribution in [0.4, 0.5) is 0 Å².